The first kappa shape index (κ1) is 16.4. The normalized spacial score (nSPS) is 10.4. The predicted octanol–water partition coefficient (Wildman–Crippen LogP) is 3.10. The monoisotopic (exact) mass is 339 g/mol. The predicted molar refractivity (Wildman–Crippen MR) is 92.5 cm³/mol. The van der Waals surface area contributed by atoms with Crippen molar-refractivity contribution < 1.29 is 19.2 Å². The Bertz CT molecular complexity index is 905. The highest BCUT2D eigenvalue weighted by molar-refractivity contribution is 6.05. The van der Waals surface area contributed by atoms with Gasteiger partial charge in [0.2, 0.25) is 0 Å². The molecule has 0 atom stereocenters. The molecule has 7 nitrogen and oxygen atoms in total. The maximum atomic E-state index is 12.3. The second-order valence-electron chi connectivity index (χ2n) is 5.49. The van der Waals surface area contributed by atoms with Crippen molar-refractivity contribution >= 4 is 17.4 Å². The van der Waals surface area contributed by atoms with E-state index < -0.39 is 5.91 Å². The van der Waals surface area contributed by atoms with Gasteiger partial charge in [-0.15, -0.1) is 0 Å². The second kappa shape index (κ2) is 6.96. The van der Waals surface area contributed by atoms with E-state index in [1.165, 1.54) is 12.1 Å². The molecule has 0 aliphatic heterocycles. The molecule has 0 aliphatic rings. The van der Waals surface area contributed by atoms with Crippen LogP contribution in [-0.4, -0.2) is 16.2 Å². The van der Waals surface area contributed by atoms with Crippen LogP contribution in [0.5, 0.6) is 11.5 Å². The maximum Gasteiger partial charge on any atom is 0.260 e. The Hall–Kier alpha value is -3.48. The van der Waals surface area contributed by atoms with Crippen LogP contribution in [0.25, 0.3) is 0 Å². The van der Waals surface area contributed by atoms with Gasteiger partial charge in [-0.1, -0.05) is 17.3 Å². The number of nitrogens with zero attached hydrogens (tertiary/aromatic N) is 1. The molecule has 0 spiro atoms. The highest BCUT2D eigenvalue weighted by Gasteiger charge is 2.14. The first-order valence-electron chi connectivity index (χ1n) is 7.56. The molecule has 0 radical (unpaired) electrons. The summed E-state index contributed by atoms with van der Waals surface area (Å²) >= 11 is 0. The van der Waals surface area contributed by atoms with Crippen LogP contribution in [0, 0.1) is 6.92 Å². The van der Waals surface area contributed by atoms with Gasteiger partial charge in [-0.25, -0.2) is 0 Å². The van der Waals surface area contributed by atoms with E-state index >= 15 is 0 Å². The first-order chi connectivity index (χ1) is 12.0. The van der Waals surface area contributed by atoms with Crippen LogP contribution in [0.2, 0.25) is 0 Å². The van der Waals surface area contributed by atoms with Crippen LogP contribution in [-0.2, 0) is 6.61 Å². The molecule has 0 fully saturated rings. The van der Waals surface area contributed by atoms with Crippen molar-refractivity contribution in [2.75, 3.05) is 11.1 Å². The van der Waals surface area contributed by atoms with Gasteiger partial charge in [0.15, 0.2) is 5.82 Å². The Morgan fingerprint density at radius 1 is 1.28 bits per heavy atom. The lowest BCUT2D eigenvalue weighted by molar-refractivity contribution is 0.102. The zero-order chi connectivity index (χ0) is 17.8. The number of phenols is 1. The van der Waals surface area contributed by atoms with Gasteiger partial charge in [-0.05, 0) is 42.8 Å². The minimum Gasteiger partial charge on any atom is -0.507 e. The summed E-state index contributed by atoms with van der Waals surface area (Å²) in [5.74, 6) is 0.614. The summed E-state index contributed by atoms with van der Waals surface area (Å²) in [4.78, 5) is 12.3. The van der Waals surface area contributed by atoms with Gasteiger partial charge in [-0.3, -0.25) is 4.79 Å². The van der Waals surface area contributed by atoms with Gasteiger partial charge in [0, 0.05) is 11.8 Å². The summed E-state index contributed by atoms with van der Waals surface area (Å²) in [7, 11) is 0. The van der Waals surface area contributed by atoms with Crippen LogP contribution in [0.15, 0.2) is 53.1 Å². The summed E-state index contributed by atoms with van der Waals surface area (Å²) in [5, 5.41) is 16.2. The van der Waals surface area contributed by atoms with Crippen LogP contribution in [0.1, 0.15) is 21.7 Å². The van der Waals surface area contributed by atoms with Crippen molar-refractivity contribution in [3.63, 3.8) is 0 Å². The number of ether oxygens (including phenoxy) is 1. The minimum atomic E-state index is -0.514. The van der Waals surface area contributed by atoms with Crippen molar-refractivity contribution in [1.82, 2.24) is 5.16 Å². The molecule has 1 aromatic heterocycles. The van der Waals surface area contributed by atoms with Crippen molar-refractivity contribution in [2.24, 2.45) is 0 Å². The molecule has 0 saturated heterocycles. The lowest BCUT2D eigenvalue weighted by Crippen LogP contribution is -2.12. The van der Waals surface area contributed by atoms with E-state index in [1.54, 1.807) is 31.2 Å². The van der Waals surface area contributed by atoms with E-state index in [1.807, 2.05) is 12.1 Å². The van der Waals surface area contributed by atoms with E-state index in [2.05, 4.69) is 10.5 Å². The molecule has 1 amide bonds. The summed E-state index contributed by atoms with van der Waals surface area (Å²) in [6.07, 6.45) is 0. The molecule has 2 aromatic carbocycles. The smallest absolute Gasteiger partial charge is 0.260 e. The van der Waals surface area contributed by atoms with Gasteiger partial charge in [-0.2, -0.15) is 0 Å². The number of hydrogen-bond donors (Lipinski definition) is 3. The third-order valence-corrected chi connectivity index (χ3v) is 3.44. The number of amides is 1. The number of hydrogen-bond acceptors (Lipinski definition) is 6. The molecule has 3 rings (SSSR count). The van der Waals surface area contributed by atoms with Crippen molar-refractivity contribution in [2.45, 2.75) is 13.5 Å². The number of phenolic OH excluding ortho intramolecular Hbond substituents is 1. The topological polar surface area (TPSA) is 111 Å². The number of rotatable bonds is 5. The average molecular weight is 339 g/mol. The molecular weight excluding hydrogens is 322 g/mol. The molecule has 0 saturated carbocycles. The molecule has 7 heteroatoms. The second-order valence-corrected chi connectivity index (χ2v) is 5.49. The average Bonchev–Trinajstić information content (AvgIpc) is 2.99. The maximum absolute atomic E-state index is 12.3. The molecule has 0 bridgehead atoms. The molecule has 1 heterocycles. The number of nitrogens with one attached hydrogen (secondary N) is 1. The van der Waals surface area contributed by atoms with Gasteiger partial charge < -0.3 is 25.4 Å². The fourth-order valence-electron chi connectivity index (χ4n) is 2.25. The highest BCUT2D eigenvalue weighted by Crippen LogP contribution is 2.25. The molecule has 3 aromatic rings. The lowest BCUT2D eigenvalue weighted by Gasteiger charge is -2.10. The molecule has 25 heavy (non-hydrogen) atoms. The number of carbonyl (C=O) groups excluding carboxylic acids is 1. The fraction of sp³-hybridized carbons (Fsp3) is 0.111. The van der Waals surface area contributed by atoms with Gasteiger partial charge >= 0.3 is 0 Å². The third-order valence-electron chi connectivity index (χ3n) is 3.44. The number of nitrogen functional groups attached to an aromatic ring is 1. The number of benzene rings is 2. The standard InChI is InChI=1S/C18H17N3O4/c1-11-7-17(21-25-11)20-18(23)15-9-14(5-6-16(15)22)24-10-12-3-2-4-13(19)8-12/h2-9,22H,10,19H2,1H3,(H,20,21,23). The number of nitrogens with two attached hydrogens (primary N) is 1. The number of aryl methyl sites for hydroxylation is 1. The zero-order valence-corrected chi connectivity index (χ0v) is 13.5. The Kier molecular flexibility index (Phi) is 4.56. The zero-order valence-electron chi connectivity index (χ0n) is 13.5. The van der Waals surface area contributed by atoms with Crippen LogP contribution >= 0.6 is 0 Å². The lowest BCUT2D eigenvalue weighted by atomic mass is 10.1. The van der Waals surface area contributed by atoms with E-state index in [-0.39, 0.29) is 17.1 Å². The summed E-state index contributed by atoms with van der Waals surface area (Å²) in [6.45, 7) is 2.00. The minimum absolute atomic E-state index is 0.0747. The first-order valence-corrected chi connectivity index (χ1v) is 7.56. The molecule has 0 unspecified atom stereocenters. The molecular formula is C18H17N3O4. The number of aromatic nitrogens is 1. The summed E-state index contributed by atoms with van der Waals surface area (Å²) in [6, 6.07) is 13.3. The number of carbonyl (C=O) groups is 1. The SMILES string of the molecule is Cc1cc(NC(=O)c2cc(OCc3cccc(N)c3)ccc2O)no1. The van der Waals surface area contributed by atoms with E-state index in [0.29, 0.717) is 23.8 Å². The Balaban J connectivity index is 1.72. The number of aromatic hydroxyl groups is 1. The Morgan fingerprint density at radius 3 is 2.84 bits per heavy atom. The van der Waals surface area contributed by atoms with Crippen LogP contribution < -0.4 is 15.8 Å². The van der Waals surface area contributed by atoms with E-state index in [4.69, 9.17) is 15.0 Å². The summed E-state index contributed by atoms with van der Waals surface area (Å²) in [5.41, 5.74) is 7.35. The van der Waals surface area contributed by atoms with E-state index in [0.717, 1.165) is 5.56 Å². The largest absolute Gasteiger partial charge is 0.507 e. The van der Waals surface area contributed by atoms with Crippen LogP contribution in [0.3, 0.4) is 0 Å². The van der Waals surface area contributed by atoms with Gasteiger partial charge in [0.05, 0.1) is 5.56 Å². The highest BCUT2D eigenvalue weighted by atomic mass is 16.5. The number of anilines is 2. The van der Waals surface area contributed by atoms with Crippen LogP contribution in [0.4, 0.5) is 11.5 Å². The third kappa shape index (κ3) is 4.08. The van der Waals surface area contributed by atoms with Gasteiger partial charge in [0.25, 0.3) is 5.91 Å². The molecule has 4 N–H and O–H groups in total. The molecule has 128 valence electrons. The molecule has 0 aliphatic carbocycles. The van der Waals surface area contributed by atoms with Crippen molar-refractivity contribution in [3.05, 3.63) is 65.4 Å². The van der Waals surface area contributed by atoms with Gasteiger partial charge in [0.1, 0.15) is 23.9 Å². The fourth-order valence-corrected chi connectivity index (χ4v) is 2.25. The Morgan fingerprint density at radius 2 is 2.12 bits per heavy atom. The van der Waals surface area contributed by atoms with Crippen molar-refractivity contribution in [1.29, 1.82) is 0 Å². The van der Waals surface area contributed by atoms with Crippen molar-refractivity contribution in [3.8, 4) is 11.5 Å². The van der Waals surface area contributed by atoms with E-state index in [9.17, 15) is 9.90 Å². The Labute approximate surface area is 144 Å². The summed E-state index contributed by atoms with van der Waals surface area (Å²) < 4.78 is 10.6. The quantitative estimate of drug-likeness (QED) is 0.616.